The standard InChI is InChI=1S/C30H21N2OP/c33-34(25-12-6-2-7-13-25,26-14-8-3-9-15-26)28-21-19-24-17-16-23-18-20-27(22-10-4-1-5-11-22)31-29(23)30(24)32-28/h1-21H. The Morgan fingerprint density at radius 2 is 0.941 bits per heavy atom. The molecule has 0 N–H and O–H groups in total. The molecule has 0 aliphatic heterocycles. The van der Waals surface area contributed by atoms with E-state index in [2.05, 4.69) is 24.3 Å². The van der Waals surface area contributed by atoms with E-state index in [4.69, 9.17) is 9.97 Å². The highest BCUT2D eigenvalue weighted by molar-refractivity contribution is 7.85. The summed E-state index contributed by atoms with van der Waals surface area (Å²) >= 11 is 0. The number of benzene rings is 4. The highest BCUT2D eigenvalue weighted by Gasteiger charge is 2.31. The first-order valence-corrected chi connectivity index (χ1v) is 12.9. The predicted molar refractivity (Wildman–Crippen MR) is 142 cm³/mol. The molecule has 6 rings (SSSR count). The van der Waals surface area contributed by atoms with Crippen LogP contribution >= 0.6 is 7.14 Å². The Kier molecular flexibility index (Phi) is 5.05. The van der Waals surface area contributed by atoms with Crippen molar-refractivity contribution >= 4 is 45.0 Å². The number of nitrogens with zero attached hydrogens (tertiary/aromatic N) is 2. The van der Waals surface area contributed by atoms with Crippen molar-refractivity contribution in [2.45, 2.75) is 0 Å². The summed E-state index contributed by atoms with van der Waals surface area (Å²) in [5.41, 5.74) is 4.09. The van der Waals surface area contributed by atoms with Gasteiger partial charge in [-0.05, 0) is 12.1 Å². The Morgan fingerprint density at radius 3 is 1.53 bits per heavy atom. The molecule has 2 aromatic heterocycles. The molecule has 0 aliphatic rings. The Hall–Kier alpha value is -4.07. The van der Waals surface area contributed by atoms with E-state index in [0.717, 1.165) is 43.7 Å². The third-order valence-electron chi connectivity index (χ3n) is 6.14. The lowest BCUT2D eigenvalue weighted by atomic mass is 10.1. The maximum absolute atomic E-state index is 14.8. The largest absolute Gasteiger partial charge is 0.307 e. The van der Waals surface area contributed by atoms with E-state index < -0.39 is 7.14 Å². The molecule has 0 fully saturated rings. The van der Waals surface area contributed by atoms with Crippen LogP contribution in [0, 0.1) is 0 Å². The van der Waals surface area contributed by atoms with E-state index in [1.165, 1.54) is 0 Å². The van der Waals surface area contributed by atoms with E-state index in [9.17, 15) is 4.57 Å². The molecule has 0 atom stereocenters. The van der Waals surface area contributed by atoms with E-state index in [1.54, 1.807) is 0 Å². The molecule has 2 heterocycles. The Balaban J connectivity index is 1.62. The molecule has 4 heteroatoms. The quantitative estimate of drug-likeness (QED) is 0.238. The fourth-order valence-electron chi connectivity index (χ4n) is 4.39. The van der Waals surface area contributed by atoms with Crippen molar-refractivity contribution in [3.05, 3.63) is 127 Å². The Morgan fingerprint density at radius 1 is 0.471 bits per heavy atom. The highest BCUT2D eigenvalue weighted by atomic mass is 31.2. The van der Waals surface area contributed by atoms with Gasteiger partial charge in [-0.2, -0.15) is 0 Å². The Labute approximate surface area is 198 Å². The van der Waals surface area contributed by atoms with Crippen LogP contribution in [0.25, 0.3) is 33.1 Å². The van der Waals surface area contributed by atoms with Gasteiger partial charge in [0.15, 0.2) is 7.14 Å². The third-order valence-corrected chi connectivity index (χ3v) is 9.08. The van der Waals surface area contributed by atoms with Gasteiger partial charge in [-0.3, -0.25) is 0 Å². The van der Waals surface area contributed by atoms with Crippen molar-refractivity contribution in [1.82, 2.24) is 9.97 Å². The van der Waals surface area contributed by atoms with Crippen molar-refractivity contribution in [3.8, 4) is 11.3 Å². The zero-order valence-corrected chi connectivity index (χ0v) is 19.3. The topological polar surface area (TPSA) is 42.9 Å². The molecule has 0 spiro atoms. The smallest absolute Gasteiger partial charge is 0.188 e. The van der Waals surface area contributed by atoms with Crippen LogP contribution in [0.5, 0.6) is 0 Å². The van der Waals surface area contributed by atoms with Crippen LogP contribution in [-0.4, -0.2) is 9.97 Å². The minimum Gasteiger partial charge on any atom is -0.307 e. The number of fused-ring (bicyclic) bond motifs is 3. The van der Waals surface area contributed by atoms with Gasteiger partial charge in [0.25, 0.3) is 0 Å². The van der Waals surface area contributed by atoms with E-state index in [-0.39, 0.29) is 0 Å². The summed E-state index contributed by atoms with van der Waals surface area (Å²) in [6.45, 7) is 0. The fraction of sp³-hybridized carbons (Fsp3) is 0. The van der Waals surface area contributed by atoms with Gasteiger partial charge in [-0.15, -0.1) is 0 Å². The summed E-state index contributed by atoms with van der Waals surface area (Å²) < 4.78 is 14.8. The molecule has 34 heavy (non-hydrogen) atoms. The van der Waals surface area contributed by atoms with Crippen LogP contribution in [0.1, 0.15) is 0 Å². The van der Waals surface area contributed by atoms with Gasteiger partial charge in [0.1, 0.15) is 5.44 Å². The van der Waals surface area contributed by atoms with E-state index >= 15 is 0 Å². The van der Waals surface area contributed by atoms with Crippen molar-refractivity contribution in [3.63, 3.8) is 0 Å². The maximum atomic E-state index is 14.8. The number of rotatable bonds is 4. The second kappa shape index (κ2) is 8.37. The van der Waals surface area contributed by atoms with Crippen molar-refractivity contribution in [2.24, 2.45) is 0 Å². The second-order valence-corrected chi connectivity index (χ2v) is 10.9. The second-order valence-electron chi connectivity index (χ2n) is 8.22. The fourth-order valence-corrected chi connectivity index (χ4v) is 6.93. The number of hydrogen-bond donors (Lipinski definition) is 0. The van der Waals surface area contributed by atoms with Gasteiger partial charge in [-0.1, -0.05) is 115 Å². The van der Waals surface area contributed by atoms with Crippen LogP contribution in [0.2, 0.25) is 0 Å². The SMILES string of the molecule is O=P(c1ccccc1)(c1ccccc1)c1ccc2ccc3ccc(-c4ccccc4)nc3c2n1. The van der Waals surface area contributed by atoms with Crippen LogP contribution in [-0.2, 0) is 4.57 Å². The first kappa shape index (κ1) is 20.5. The van der Waals surface area contributed by atoms with Gasteiger partial charge in [0.2, 0.25) is 0 Å². The third kappa shape index (κ3) is 3.42. The average molecular weight is 456 g/mol. The average Bonchev–Trinajstić information content (AvgIpc) is 2.93. The number of aromatic nitrogens is 2. The normalized spacial score (nSPS) is 11.6. The molecule has 0 aliphatic carbocycles. The summed E-state index contributed by atoms with van der Waals surface area (Å²) in [5.74, 6) is 0. The highest BCUT2D eigenvalue weighted by Crippen LogP contribution is 2.42. The molecule has 0 bridgehead atoms. The molecule has 0 saturated heterocycles. The number of hydrogen-bond acceptors (Lipinski definition) is 3. The molecule has 3 nitrogen and oxygen atoms in total. The summed E-state index contributed by atoms with van der Waals surface area (Å²) in [5, 5.41) is 3.52. The first-order valence-electron chi connectivity index (χ1n) is 11.2. The van der Waals surface area contributed by atoms with Gasteiger partial charge in [0, 0.05) is 26.9 Å². The van der Waals surface area contributed by atoms with Crippen LogP contribution in [0.15, 0.2) is 127 Å². The van der Waals surface area contributed by atoms with E-state index in [1.807, 2.05) is 103 Å². The molecule has 4 aromatic carbocycles. The van der Waals surface area contributed by atoms with Crippen molar-refractivity contribution < 1.29 is 4.57 Å². The minimum atomic E-state index is -3.17. The van der Waals surface area contributed by atoms with Crippen LogP contribution < -0.4 is 16.0 Å². The molecular formula is C30H21N2OP. The monoisotopic (exact) mass is 456 g/mol. The molecule has 0 amide bonds. The summed E-state index contributed by atoms with van der Waals surface area (Å²) in [6, 6.07) is 41.5. The van der Waals surface area contributed by atoms with Crippen molar-refractivity contribution in [2.75, 3.05) is 0 Å². The number of pyridine rings is 2. The van der Waals surface area contributed by atoms with Gasteiger partial charge >= 0.3 is 0 Å². The molecule has 6 aromatic rings. The molecular weight excluding hydrogens is 435 g/mol. The van der Waals surface area contributed by atoms with Crippen LogP contribution in [0.3, 0.4) is 0 Å². The van der Waals surface area contributed by atoms with E-state index in [0.29, 0.717) is 5.44 Å². The van der Waals surface area contributed by atoms with Gasteiger partial charge < -0.3 is 4.57 Å². The first-order chi connectivity index (χ1) is 16.7. The lowest BCUT2D eigenvalue weighted by Gasteiger charge is -2.19. The molecule has 0 radical (unpaired) electrons. The maximum Gasteiger partial charge on any atom is 0.188 e. The lowest BCUT2D eigenvalue weighted by molar-refractivity contribution is 0.592. The zero-order chi connectivity index (χ0) is 23.0. The summed E-state index contributed by atoms with van der Waals surface area (Å²) in [4.78, 5) is 10.0. The molecule has 0 saturated carbocycles. The molecule has 162 valence electrons. The van der Waals surface area contributed by atoms with Crippen molar-refractivity contribution in [1.29, 1.82) is 0 Å². The lowest BCUT2D eigenvalue weighted by Crippen LogP contribution is -2.27. The zero-order valence-electron chi connectivity index (χ0n) is 18.4. The summed E-state index contributed by atoms with van der Waals surface area (Å²) in [6.07, 6.45) is 0. The Bertz CT molecular complexity index is 1620. The predicted octanol–water partition coefficient (Wildman–Crippen LogP) is 6.09. The summed E-state index contributed by atoms with van der Waals surface area (Å²) in [7, 11) is -3.17. The minimum absolute atomic E-state index is 0.566. The van der Waals surface area contributed by atoms with Gasteiger partial charge in [-0.25, -0.2) is 9.97 Å². The van der Waals surface area contributed by atoms with Crippen LogP contribution in [0.4, 0.5) is 0 Å². The molecule has 0 unspecified atom stereocenters. The van der Waals surface area contributed by atoms with Gasteiger partial charge in [0.05, 0.1) is 16.7 Å².